The summed E-state index contributed by atoms with van der Waals surface area (Å²) in [6.45, 7) is -2.91. The van der Waals surface area contributed by atoms with Gasteiger partial charge in [0.15, 0.2) is 11.4 Å². The van der Waals surface area contributed by atoms with Crippen LogP contribution in [-0.2, 0) is 0 Å². The number of fused-ring (bicyclic) bond motifs is 1. The minimum absolute atomic E-state index is 0.0817. The van der Waals surface area contributed by atoms with E-state index in [1.165, 1.54) is 17.0 Å². The first-order valence-corrected chi connectivity index (χ1v) is 10.4. The summed E-state index contributed by atoms with van der Waals surface area (Å²) in [4.78, 5) is 31.9. The summed E-state index contributed by atoms with van der Waals surface area (Å²) in [6.07, 6.45) is 8.32. The molecule has 12 heteroatoms. The molecule has 0 aliphatic heterocycles. The zero-order valence-electron chi connectivity index (χ0n) is 17.3. The highest BCUT2D eigenvalue weighted by atomic mass is 19.3. The van der Waals surface area contributed by atoms with Crippen molar-refractivity contribution in [3.05, 3.63) is 59.5 Å². The fraction of sp³-hybridized carbons (Fsp3) is 0.286. The minimum Gasteiger partial charge on any atom is -0.432 e. The van der Waals surface area contributed by atoms with Crippen LogP contribution in [0.3, 0.4) is 0 Å². The van der Waals surface area contributed by atoms with Crippen molar-refractivity contribution in [3.8, 4) is 11.4 Å². The van der Waals surface area contributed by atoms with Gasteiger partial charge in [0.1, 0.15) is 5.82 Å². The molecular weight excluding hydrogens is 434 g/mol. The number of nitrogens with one attached hydrogen (secondary N) is 3. The summed E-state index contributed by atoms with van der Waals surface area (Å²) in [5.74, 6) is 0.985. The maximum atomic E-state index is 12.3. The van der Waals surface area contributed by atoms with E-state index >= 15 is 0 Å². The van der Waals surface area contributed by atoms with Crippen LogP contribution in [-0.4, -0.2) is 48.2 Å². The molecule has 5 rings (SSSR count). The molecule has 10 nitrogen and oxygen atoms in total. The van der Waals surface area contributed by atoms with Crippen molar-refractivity contribution in [1.82, 2.24) is 29.5 Å². The summed E-state index contributed by atoms with van der Waals surface area (Å²) in [6, 6.07) is 7.54. The molecule has 0 saturated heterocycles. The van der Waals surface area contributed by atoms with Gasteiger partial charge in [0.05, 0.1) is 29.8 Å². The molecule has 0 amide bonds. The first kappa shape index (κ1) is 20.8. The lowest BCUT2D eigenvalue weighted by molar-refractivity contribution is -0.0503. The van der Waals surface area contributed by atoms with E-state index in [1.54, 1.807) is 24.5 Å². The number of nitrogens with zero attached hydrogens (tertiary/aromatic N) is 5. The largest absolute Gasteiger partial charge is 0.432 e. The predicted octanol–water partition coefficient (Wildman–Crippen LogP) is 2.95. The number of H-pyrrole nitrogens is 1. The maximum Gasteiger partial charge on any atom is 0.387 e. The molecular formula is C21H20F2N8O2. The average molecular weight is 454 g/mol. The molecule has 1 aliphatic rings. The molecule has 2 atom stereocenters. The standard InChI is InChI=1S/C21H20F2N8O2/c22-19(23)33-15-10-26-20(27-11-15)29-13-4-3-12(8-13)28-17-6-5-14(9-25-17)31-18-16(30-21(31)32)2-1-7-24-18/h1-2,5-7,9-13,19H,3-4,8H2,(H,25,28)(H,30,32)(H,26,27,29)/t12-,13-/m0/s1. The van der Waals surface area contributed by atoms with Crippen molar-refractivity contribution in [2.24, 2.45) is 0 Å². The first-order chi connectivity index (χ1) is 16.0. The van der Waals surface area contributed by atoms with Crippen molar-refractivity contribution < 1.29 is 13.5 Å². The molecule has 33 heavy (non-hydrogen) atoms. The SMILES string of the molecule is O=c1[nH]c2cccnc2n1-c1ccc(N[C@H]2CC[C@H](Nc3ncc(OC(F)F)cn3)C2)nc1. The number of aromatic amines is 1. The van der Waals surface area contributed by atoms with Crippen LogP contribution >= 0.6 is 0 Å². The molecule has 1 saturated carbocycles. The maximum absolute atomic E-state index is 12.3. The molecule has 0 radical (unpaired) electrons. The molecule has 4 aromatic rings. The van der Waals surface area contributed by atoms with Gasteiger partial charge in [0.2, 0.25) is 5.95 Å². The lowest BCUT2D eigenvalue weighted by atomic mass is 10.2. The summed E-state index contributed by atoms with van der Waals surface area (Å²) in [5, 5.41) is 6.62. The number of pyridine rings is 2. The highest BCUT2D eigenvalue weighted by Crippen LogP contribution is 2.25. The number of aromatic nitrogens is 6. The predicted molar refractivity (Wildman–Crippen MR) is 117 cm³/mol. The number of ether oxygens (including phenoxy) is 1. The smallest absolute Gasteiger partial charge is 0.387 e. The number of imidazole rings is 1. The van der Waals surface area contributed by atoms with E-state index in [1.807, 2.05) is 12.1 Å². The van der Waals surface area contributed by atoms with Crippen molar-refractivity contribution in [3.63, 3.8) is 0 Å². The van der Waals surface area contributed by atoms with Gasteiger partial charge < -0.3 is 20.4 Å². The van der Waals surface area contributed by atoms with E-state index in [0.717, 1.165) is 19.3 Å². The molecule has 4 heterocycles. The van der Waals surface area contributed by atoms with Crippen LogP contribution in [0, 0.1) is 0 Å². The van der Waals surface area contributed by atoms with Crippen LogP contribution in [0.1, 0.15) is 19.3 Å². The second kappa shape index (κ2) is 8.81. The number of halogens is 2. The Balaban J connectivity index is 1.19. The Morgan fingerprint density at radius 3 is 2.55 bits per heavy atom. The second-order valence-corrected chi connectivity index (χ2v) is 7.66. The number of hydrogen-bond acceptors (Lipinski definition) is 8. The van der Waals surface area contributed by atoms with Gasteiger partial charge in [-0.1, -0.05) is 0 Å². The highest BCUT2D eigenvalue weighted by molar-refractivity contribution is 5.72. The van der Waals surface area contributed by atoms with E-state index < -0.39 is 6.61 Å². The molecule has 0 spiro atoms. The first-order valence-electron chi connectivity index (χ1n) is 10.4. The summed E-state index contributed by atoms with van der Waals surface area (Å²) in [5.41, 5.74) is 1.56. The van der Waals surface area contributed by atoms with Gasteiger partial charge in [-0.15, -0.1) is 0 Å². The molecule has 1 fully saturated rings. The lowest BCUT2D eigenvalue weighted by Crippen LogP contribution is -2.22. The summed E-state index contributed by atoms with van der Waals surface area (Å²) in [7, 11) is 0. The minimum atomic E-state index is -2.91. The Labute approximate surface area is 186 Å². The molecule has 0 unspecified atom stereocenters. The number of alkyl halides is 2. The van der Waals surface area contributed by atoms with E-state index in [-0.39, 0.29) is 23.5 Å². The number of rotatable bonds is 7. The van der Waals surface area contributed by atoms with E-state index in [2.05, 4.69) is 40.3 Å². The Morgan fingerprint density at radius 2 is 1.82 bits per heavy atom. The normalized spacial score (nSPS) is 18.0. The third kappa shape index (κ3) is 4.59. The van der Waals surface area contributed by atoms with Crippen LogP contribution in [0.25, 0.3) is 16.9 Å². The second-order valence-electron chi connectivity index (χ2n) is 7.66. The van der Waals surface area contributed by atoms with Crippen molar-refractivity contribution in [1.29, 1.82) is 0 Å². The molecule has 170 valence electrons. The van der Waals surface area contributed by atoms with Crippen molar-refractivity contribution in [2.45, 2.75) is 38.0 Å². The van der Waals surface area contributed by atoms with E-state index in [9.17, 15) is 13.6 Å². The Hall–Kier alpha value is -4.09. The zero-order valence-corrected chi connectivity index (χ0v) is 17.3. The van der Waals surface area contributed by atoms with E-state index in [4.69, 9.17) is 0 Å². The van der Waals surface area contributed by atoms with Gasteiger partial charge in [-0.05, 0) is 43.5 Å². The average Bonchev–Trinajstić information content (AvgIpc) is 3.38. The van der Waals surface area contributed by atoms with Gasteiger partial charge in [-0.2, -0.15) is 8.78 Å². The summed E-state index contributed by atoms with van der Waals surface area (Å²) < 4.78 is 30.2. The van der Waals surface area contributed by atoms with Crippen LogP contribution in [0.15, 0.2) is 53.8 Å². The van der Waals surface area contributed by atoms with Gasteiger partial charge in [-0.3, -0.25) is 0 Å². The fourth-order valence-electron chi connectivity index (χ4n) is 3.97. The van der Waals surface area contributed by atoms with E-state index in [0.29, 0.717) is 28.6 Å². The van der Waals surface area contributed by atoms with Crippen LogP contribution in [0.2, 0.25) is 0 Å². The van der Waals surface area contributed by atoms with Crippen molar-refractivity contribution >= 4 is 22.9 Å². The topological polar surface area (TPSA) is 123 Å². The van der Waals surface area contributed by atoms with Gasteiger partial charge in [0, 0.05) is 18.3 Å². The van der Waals surface area contributed by atoms with Crippen LogP contribution < -0.4 is 21.1 Å². The fourth-order valence-corrected chi connectivity index (χ4v) is 3.97. The van der Waals surface area contributed by atoms with Gasteiger partial charge >= 0.3 is 12.3 Å². The molecule has 4 aromatic heterocycles. The monoisotopic (exact) mass is 454 g/mol. The van der Waals surface area contributed by atoms with Gasteiger partial charge in [-0.25, -0.2) is 29.3 Å². The van der Waals surface area contributed by atoms with Gasteiger partial charge in [0.25, 0.3) is 0 Å². The molecule has 1 aliphatic carbocycles. The number of anilines is 2. The number of hydrogen-bond donors (Lipinski definition) is 3. The lowest BCUT2D eigenvalue weighted by Gasteiger charge is -2.15. The summed E-state index contributed by atoms with van der Waals surface area (Å²) >= 11 is 0. The Bertz CT molecular complexity index is 1290. The third-order valence-corrected chi connectivity index (χ3v) is 5.42. The van der Waals surface area contributed by atoms with Crippen LogP contribution in [0.5, 0.6) is 5.75 Å². The molecule has 0 bridgehead atoms. The Kier molecular flexibility index (Phi) is 5.55. The highest BCUT2D eigenvalue weighted by Gasteiger charge is 2.25. The Morgan fingerprint density at radius 1 is 1.03 bits per heavy atom. The van der Waals surface area contributed by atoms with Crippen LogP contribution in [0.4, 0.5) is 20.5 Å². The molecule has 0 aromatic carbocycles. The van der Waals surface area contributed by atoms with Crippen molar-refractivity contribution in [2.75, 3.05) is 10.6 Å². The zero-order chi connectivity index (χ0) is 22.8. The molecule has 3 N–H and O–H groups in total. The third-order valence-electron chi connectivity index (χ3n) is 5.42. The quantitative estimate of drug-likeness (QED) is 0.390.